The number of carbonyl (C=O) groups excluding carboxylic acids is 1. The van der Waals surface area contributed by atoms with Crippen molar-refractivity contribution in [3.63, 3.8) is 0 Å². The van der Waals surface area contributed by atoms with Gasteiger partial charge in [-0.05, 0) is 54.8 Å². The van der Waals surface area contributed by atoms with Gasteiger partial charge in [-0.1, -0.05) is 12.1 Å². The Kier molecular flexibility index (Phi) is 5.44. The van der Waals surface area contributed by atoms with Crippen LogP contribution in [0.25, 0.3) is 0 Å². The fourth-order valence-corrected chi connectivity index (χ4v) is 4.56. The maximum absolute atomic E-state index is 12.8. The van der Waals surface area contributed by atoms with E-state index < -0.39 is 0 Å². The standard InChI is InChI=1S/C21H25NO3S/c23-21(8-1-5-17-6-3-14-26-17)22-11-2-7-18(22)16-9-10-19-20(15-16)25-13-4-12-24-19/h3,6,9-10,14-15,18H,1-2,4-5,7-8,11-13H2/t18-/m0/s1. The summed E-state index contributed by atoms with van der Waals surface area (Å²) in [5, 5.41) is 2.10. The van der Waals surface area contributed by atoms with Gasteiger partial charge in [-0.25, -0.2) is 0 Å². The SMILES string of the molecule is O=C(CCCc1cccs1)N1CCC[C@H]1c1ccc2c(c1)OCCCO2. The molecule has 3 heterocycles. The maximum atomic E-state index is 12.8. The molecule has 4 nitrogen and oxygen atoms in total. The Hall–Kier alpha value is -2.01. The summed E-state index contributed by atoms with van der Waals surface area (Å²) in [5.74, 6) is 1.91. The van der Waals surface area contributed by atoms with Crippen LogP contribution >= 0.6 is 11.3 Å². The Morgan fingerprint density at radius 1 is 1.15 bits per heavy atom. The molecule has 0 radical (unpaired) electrons. The predicted molar refractivity (Wildman–Crippen MR) is 103 cm³/mol. The summed E-state index contributed by atoms with van der Waals surface area (Å²) >= 11 is 1.77. The molecule has 0 saturated carbocycles. The lowest BCUT2D eigenvalue weighted by atomic mass is 10.0. The summed E-state index contributed by atoms with van der Waals surface area (Å²) in [4.78, 5) is 16.2. The number of nitrogens with zero attached hydrogens (tertiary/aromatic N) is 1. The first-order valence-electron chi connectivity index (χ1n) is 9.52. The third-order valence-corrected chi connectivity index (χ3v) is 6.06. The number of rotatable bonds is 5. The van der Waals surface area contributed by atoms with Crippen LogP contribution in [-0.2, 0) is 11.2 Å². The third-order valence-electron chi connectivity index (χ3n) is 5.12. The number of aryl methyl sites for hydroxylation is 1. The van der Waals surface area contributed by atoms with Crippen molar-refractivity contribution in [3.05, 3.63) is 46.2 Å². The van der Waals surface area contributed by atoms with Gasteiger partial charge in [0, 0.05) is 24.3 Å². The summed E-state index contributed by atoms with van der Waals surface area (Å²) in [6.07, 6.45) is 5.53. The largest absolute Gasteiger partial charge is 0.490 e. The summed E-state index contributed by atoms with van der Waals surface area (Å²) in [6.45, 7) is 2.24. The monoisotopic (exact) mass is 371 g/mol. The molecule has 1 amide bonds. The van der Waals surface area contributed by atoms with Crippen molar-refractivity contribution in [2.45, 2.75) is 44.6 Å². The molecule has 26 heavy (non-hydrogen) atoms. The van der Waals surface area contributed by atoms with Crippen LogP contribution in [0.1, 0.15) is 48.6 Å². The van der Waals surface area contributed by atoms with E-state index in [0.717, 1.165) is 50.1 Å². The van der Waals surface area contributed by atoms with Crippen molar-refractivity contribution in [2.75, 3.05) is 19.8 Å². The first kappa shape index (κ1) is 17.4. The molecule has 0 bridgehead atoms. The molecule has 1 fully saturated rings. The van der Waals surface area contributed by atoms with Gasteiger partial charge in [-0.3, -0.25) is 4.79 Å². The molecule has 1 aromatic heterocycles. The van der Waals surface area contributed by atoms with Gasteiger partial charge in [-0.2, -0.15) is 0 Å². The summed E-state index contributed by atoms with van der Waals surface area (Å²) in [6, 6.07) is 10.5. The second-order valence-electron chi connectivity index (χ2n) is 6.93. The van der Waals surface area contributed by atoms with Gasteiger partial charge in [0.05, 0.1) is 19.3 Å². The summed E-state index contributed by atoms with van der Waals surface area (Å²) in [5.41, 5.74) is 1.17. The molecule has 2 aliphatic rings. The van der Waals surface area contributed by atoms with Crippen LogP contribution in [-0.4, -0.2) is 30.6 Å². The third kappa shape index (κ3) is 3.88. The molecule has 4 rings (SSSR count). The number of likely N-dealkylation sites (tertiary alicyclic amines) is 1. The van der Waals surface area contributed by atoms with E-state index >= 15 is 0 Å². The van der Waals surface area contributed by atoms with E-state index in [0.29, 0.717) is 19.6 Å². The average Bonchev–Trinajstić information content (AvgIpc) is 3.29. The molecule has 1 saturated heterocycles. The van der Waals surface area contributed by atoms with E-state index in [4.69, 9.17) is 9.47 Å². The smallest absolute Gasteiger partial charge is 0.223 e. The molecule has 2 aliphatic heterocycles. The predicted octanol–water partition coefficient (Wildman–Crippen LogP) is 4.60. The lowest BCUT2D eigenvalue weighted by Crippen LogP contribution is -2.30. The van der Waals surface area contributed by atoms with Crippen LogP contribution in [0, 0.1) is 0 Å². The second kappa shape index (κ2) is 8.12. The highest BCUT2D eigenvalue weighted by molar-refractivity contribution is 7.09. The quantitative estimate of drug-likeness (QED) is 0.771. The van der Waals surface area contributed by atoms with Crippen molar-refractivity contribution >= 4 is 17.2 Å². The van der Waals surface area contributed by atoms with Crippen molar-refractivity contribution in [1.29, 1.82) is 0 Å². The molecular weight excluding hydrogens is 346 g/mol. The number of ether oxygens (including phenoxy) is 2. The molecule has 0 spiro atoms. The number of carbonyl (C=O) groups is 1. The van der Waals surface area contributed by atoms with Crippen molar-refractivity contribution < 1.29 is 14.3 Å². The molecule has 2 aromatic rings. The lowest BCUT2D eigenvalue weighted by Gasteiger charge is -2.26. The Morgan fingerprint density at radius 3 is 2.88 bits per heavy atom. The Balaban J connectivity index is 1.41. The topological polar surface area (TPSA) is 38.8 Å². The lowest BCUT2D eigenvalue weighted by molar-refractivity contribution is -0.132. The highest BCUT2D eigenvalue weighted by Gasteiger charge is 2.30. The zero-order valence-electron chi connectivity index (χ0n) is 15.0. The molecule has 138 valence electrons. The van der Waals surface area contributed by atoms with Crippen LogP contribution in [0.3, 0.4) is 0 Å². The molecule has 1 aromatic carbocycles. The van der Waals surface area contributed by atoms with Crippen molar-refractivity contribution in [1.82, 2.24) is 4.90 Å². The zero-order valence-corrected chi connectivity index (χ0v) is 15.8. The number of fused-ring (bicyclic) bond motifs is 1. The van der Waals surface area contributed by atoms with Gasteiger partial charge >= 0.3 is 0 Å². The Labute approximate surface area is 158 Å². The van der Waals surface area contributed by atoms with Gasteiger partial charge in [0.25, 0.3) is 0 Å². The van der Waals surface area contributed by atoms with Gasteiger partial charge in [0.2, 0.25) is 5.91 Å². The first-order chi connectivity index (χ1) is 12.8. The molecule has 0 unspecified atom stereocenters. The van der Waals surface area contributed by atoms with E-state index in [9.17, 15) is 4.79 Å². The Morgan fingerprint density at radius 2 is 2.04 bits per heavy atom. The number of thiophene rings is 1. The van der Waals surface area contributed by atoms with Crippen molar-refractivity contribution in [2.24, 2.45) is 0 Å². The highest BCUT2D eigenvalue weighted by atomic mass is 32.1. The minimum atomic E-state index is 0.168. The second-order valence-corrected chi connectivity index (χ2v) is 7.97. The van der Waals surface area contributed by atoms with E-state index in [-0.39, 0.29) is 11.9 Å². The highest BCUT2D eigenvalue weighted by Crippen LogP contribution is 2.38. The van der Waals surface area contributed by atoms with Gasteiger partial charge in [0.15, 0.2) is 11.5 Å². The summed E-state index contributed by atoms with van der Waals surface area (Å²) in [7, 11) is 0. The van der Waals surface area contributed by atoms with Gasteiger partial charge in [-0.15, -0.1) is 11.3 Å². The zero-order chi connectivity index (χ0) is 17.8. The molecular formula is C21H25NO3S. The Bertz CT molecular complexity index is 744. The van der Waals surface area contributed by atoms with Gasteiger partial charge < -0.3 is 14.4 Å². The number of benzene rings is 1. The minimum absolute atomic E-state index is 0.168. The average molecular weight is 372 g/mol. The van der Waals surface area contributed by atoms with Crippen LogP contribution in [0.4, 0.5) is 0 Å². The number of amides is 1. The number of hydrogen-bond donors (Lipinski definition) is 0. The van der Waals surface area contributed by atoms with Crippen LogP contribution < -0.4 is 9.47 Å². The molecule has 0 aliphatic carbocycles. The fraction of sp³-hybridized carbons (Fsp3) is 0.476. The molecule has 5 heteroatoms. The molecule has 1 atom stereocenters. The van der Waals surface area contributed by atoms with Crippen LogP contribution in [0.2, 0.25) is 0 Å². The molecule has 0 N–H and O–H groups in total. The van der Waals surface area contributed by atoms with E-state index in [1.54, 1.807) is 11.3 Å². The number of hydrogen-bond acceptors (Lipinski definition) is 4. The van der Waals surface area contributed by atoms with E-state index in [2.05, 4.69) is 34.5 Å². The summed E-state index contributed by atoms with van der Waals surface area (Å²) < 4.78 is 11.5. The fourth-order valence-electron chi connectivity index (χ4n) is 3.81. The van der Waals surface area contributed by atoms with Crippen LogP contribution in [0.15, 0.2) is 35.7 Å². The first-order valence-corrected chi connectivity index (χ1v) is 10.4. The van der Waals surface area contributed by atoms with E-state index in [1.807, 2.05) is 6.07 Å². The van der Waals surface area contributed by atoms with Crippen LogP contribution in [0.5, 0.6) is 11.5 Å². The maximum Gasteiger partial charge on any atom is 0.223 e. The minimum Gasteiger partial charge on any atom is -0.490 e. The van der Waals surface area contributed by atoms with Crippen molar-refractivity contribution in [3.8, 4) is 11.5 Å². The van der Waals surface area contributed by atoms with E-state index in [1.165, 1.54) is 10.4 Å². The van der Waals surface area contributed by atoms with Gasteiger partial charge in [0.1, 0.15) is 0 Å². The normalized spacial score (nSPS) is 19.4.